The highest BCUT2D eigenvalue weighted by Gasteiger charge is 2.23. The van der Waals surface area contributed by atoms with Crippen molar-refractivity contribution >= 4 is 23.9 Å². The minimum Gasteiger partial charge on any atom is -0.494 e. The second kappa shape index (κ2) is 17.1. The molecular weight excluding hydrogens is 624 g/mol. The largest absolute Gasteiger partial charge is 0.494 e. The third kappa shape index (κ3) is 11.0. The fraction of sp³-hybridized carbons (Fsp3) is 0.333. The van der Waals surface area contributed by atoms with Crippen LogP contribution >= 0.6 is 0 Å². The second-order valence-corrected chi connectivity index (χ2v) is 10.9. The first-order valence-corrected chi connectivity index (χ1v) is 15.6. The lowest BCUT2D eigenvalue weighted by Crippen LogP contribution is -2.16. The van der Waals surface area contributed by atoms with Crippen LogP contribution in [-0.2, 0) is 23.7 Å². The van der Waals surface area contributed by atoms with Gasteiger partial charge in [0.1, 0.15) is 41.8 Å². The molecule has 2 aliphatic rings. The van der Waals surface area contributed by atoms with Crippen molar-refractivity contribution in [3.63, 3.8) is 0 Å². The fourth-order valence-electron chi connectivity index (χ4n) is 4.41. The minimum absolute atomic E-state index is 0.00204. The summed E-state index contributed by atoms with van der Waals surface area (Å²) < 4.78 is 42.9. The molecule has 0 bridgehead atoms. The zero-order valence-electron chi connectivity index (χ0n) is 26.3. The molecule has 12 heteroatoms. The molecule has 0 saturated carbocycles. The Morgan fingerprint density at radius 2 is 1.15 bits per heavy atom. The monoisotopic (exact) mass is 660 g/mol. The van der Waals surface area contributed by atoms with Crippen LogP contribution in [0.15, 0.2) is 79.4 Å². The molecule has 3 aromatic carbocycles. The molecule has 2 atom stereocenters. The van der Waals surface area contributed by atoms with Crippen LogP contribution in [0.4, 0.5) is 0 Å². The Bertz CT molecular complexity index is 1570. The van der Waals surface area contributed by atoms with Gasteiger partial charge in [0.15, 0.2) is 0 Å². The number of ether oxygens (including phenoxy) is 8. The Balaban J connectivity index is 1.21. The topological polar surface area (TPSA) is 149 Å². The average molecular weight is 661 g/mol. The predicted molar refractivity (Wildman–Crippen MR) is 170 cm³/mol. The smallest absolute Gasteiger partial charge is 0.343 e. The van der Waals surface area contributed by atoms with Crippen molar-refractivity contribution in [2.24, 2.45) is 0 Å². The normalized spacial score (nSPS) is 15.8. The number of esters is 4. The van der Waals surface area contributed by atoms with Crippen molar-refractivity contribution in [3.8, 4) is 23.0 Å². The number of benzene rings is 3. The van der Waals surface area contributed by atoms with Crippen LogP contribution in [0.5, 0.6) is 23.0 Å². The SMILES string of the molecule is C=CC(=O)OCCOC(=O)c1cc(OC(=O)c2ccc(OCCCC3CO3)cc2)ccc1OC(=O)c1ccc(OCCCC2CO2)cc1. The number of hydrogen-bond acceptors (Lipinski definition) is 12. The maximum atomic E-state index is 13.0. The van der Waals surface area contributed by atoms with Gasteiger partial charge in [0.05, 0.1) is 49.8 Å². The highest BCUT2D eigenvalue weighted by atomic mass is 16.6. The van der Waals surface area contributed by atoms with Crippen LogP contribution in [0, 0.1) is 0 Å². The van der Waals surface area contributed by atoms with E-state index in [4.69, 9.17) is 37.9 Å². The molecule has 2 aliphatic heterocycles. The summed E-state index contributed by atoms with van der Waals surface area (Å²) in [7, 11) is 0. The first-order valence-electron chi connectivity index (χ1n) is 15.6. The van der Waals surface area contributed by atoms with E-state index in [-0.39, 0.29) is 41.4 Å². The van der Waals surface area contributed by atoms with Crippen LogP contribution in [-0.4, -0.2) is 75.7 Å². The molecule has 2 unspecified atom stereocenters. The first kappa shape index (κ1) is 34.1. The van der Waals surface area contributed by atoms with E-state index in [0.29, 0.717) is 36.9 Å². The summed E-state index contributed by atoms with van der Waals surface area (Å²) >= 11 is 0. The van der Waals surface area contributed by atoms with Gasteiger partial charge in [0, 0.05) is 6.08 Å². The van der Waals surface area contributed by atoms with Gasteiger partial charge < -0.3 is 37.9 Å². The lowest BCUT2D eigenvalue weighted by molar-refractivity contribution is -0.138. The number of carbonyl (C=O) groups is 4. The van der Waals surface area contributed by atoms with E-state index < -0.39 is 23.9 Å². The third-order valence-electron chi connectivity index (χ3n) is 7.17. The Hall–Kier alpha value is -5.20. The highest BCUT2D eigenvalue weighted by Crippen LogP contribution is 2.28. The van der Waals surface area contributed by atoms with Gasteiger partial charge in [-0.3, -0.25) is 0 Å². The summed E-state index contributed by atoms with van der Waals surface area (Å²) in [5, 5.41) is 0. The Morgan fingerprint density at radius 3 is 1.67 bits per heavy atom. The summed E-state index contributed by atoms with van der Waals surface area (Å²) in [6, 6.07) is 16.8. The molecule has 0 aliphatic carbocycles. The van der Waals surface area contributed by atoms with Gasteiger partial charge in [-0.25, -0.2) is 19.2 Å². The van der Waals surface area contributed by atoms with Gasteiger partial charge in [-0.1, -0.05) is 6.58 Å². The standard InChI is InChI=1S/C36H36O12/c1-2-33(37)43-19-20-44-36(40)31-21-28(47-34(38)24-7-11-26(12-8-24)41-17-3-5-29-22-45-29)15-16-32(31)48-35(39)25-9-13-27(14-10-25)42-18-4-6-30-23-46-30/h2,7-16,21,29-30H,1,3-6,17-20,22-23H2. The maximum Gasteiger partial charge on any atom is 0.343 e. The number of hydrogen-bond donors (Lipinski definition) is 0. The van der Waals surface area contributed by atoms with Crippen LogP contribution in [0.25, 0.3) is 0 Å². The quantitative estimate of drug-likeness (QED) is 0.0552. The van der Waals surface area contributed by atoms with Gasteiger partial charge in [-0.2, -0.15) is 0 Å². The Labute approximate surface area is 277 Å². The number of rotatable bonds is 19. The zero-order valence-corrected chi connectivity index (χ0v) is 26.3. The number of carbonyl (C=O) groups excluding carboxylic acids is 4. The molecule has 2 fully saturated rings. The van der Waals surface area contributed by atoms with Gasteiger partial charge >= 0.3 is 23.9 Å². The molecule has 0 N–H and O–H groups in total. The van der Waals surface area contributed by atoms with Crippen LogP contribution in [0.1, 0.15) is 56.8 Å². The molecule has 0 aromatic heterocycles. The first-order chi connectivity index (χ1) is 23.4. The molecule has 0 amide bonds. The average Bonchev–Trinajstić information content (AvgIpc) is 4.05. The zero-order chi connectivity index (χ0) is 33.7. The molecule has 0 radical (unpaired) electrons. The van der Waals surface area contributed by atoms with E-state index in [1.54, 1.807) is 48.5 Å². The number of epoxide rings is 2. The van der Waals surface area contributed by atoms with Gasteiger partial charge in [-0.05, 0) is 92.4 Å². The van der Waals surface area contributed by atoms with E-state index in [1.807, 2.05) is 0 Å². The van der Waals surface area contributed by atoms with E-state index in [1.165, 1.54) is 18.2 Å². The summed E-state index contributed by atoms with van der Waals surface area (Å²) in [5.41, 5.74) is 0.273. The summed E-state index contributed by atoms with van der Waals surface area (Å²) in [6.07, 6.45) is 5.26. The molecule has 48 heavy (non-hydrogen) atoms. The van der Waals surface area contributed by atoms with Gasteiger partial charge in [-0.15, -0.1) is 0 Å². The molecule has 2 saturated heterocycles. The van der Waals surface area contributed by atoms with E-state index >= 15 is 0 Å². The van der Waals surface area contributed by atoms with Crippen LogP contribution in [0.3, 0.4) is 0 Å². The van der Waals surface area contributed by atoms with E-state index in [9.17, 15) is 19.2 Å². The fourth-order valence-corrected chi connectivity index (χ4v) is 4.41. The van der Waals surface area contributed by atoms with Crippen LogP contribution < -0.4 is 18.9 Å². The Kier molecular flexibility index (Phi) is 12.2. The molecule has 0 spiro atoms. The van der Waals surface area contributed by atoms with Crippen molar-refractivity contribution in [1.82, 2.24) is 0 Å². The summed E-state index contributed by atoms with van der Waals surface area (Å²) in [6.45, 7) is 5.46. The van der Waals surface area contributed by atoms with Crippen molar-refractivity contribution < 1.29 is 57.1 Å². The van der Waals surface area contributed by atoms with E-state index in [2.05, 4.69) is 6.58 Å². The van der Waals surface area contributed by atoms with Crippen molar-refractivity contribution in [3.05, 3.63) is 96.1 Å². The van der Waals surface area contributed by atoms with Crippen molar-refractivity contribution in [1.29, 1.82) is 0 Å². The van der Waals surface area contributed by atoms with Gasteiger partial charge in [0.25, 0.3) is 0 Å². The molecule has 12 nitrogen and oxygen atoms in total. The maximum absolute atomic E-state index is 13.0. The minimum atomic E-state index is -0.902. The van der Waals surface area contributed by atoms with Crippen molar-refractivity contribution in [2.45, 2.75) is 37.9 Å². The molecule has 5 rings (SSSR count). The molecule has 252 valence electrons. The molecular formula is C36H36O12. The van der Waals surface area contributed by atoms with E-state index in [0.717, 1.165) is 45.0 Å². The summed E-state index contributed by atoms with van der Waals surface area (Å²) in [5.74, 6) is -1.93. The highest BCUT2D eigenvalue weighted by molar-refractivity contribution is 5.97. The Morgan fingerprint density at radius 1 is 0.646 bits per heavy atom. The lowest BCUT2D eigenvalue weighted by atomic mass is 10.1. The molecule has 3 aromatic rings. The lowest BCUT2D eigenvalue weighted by Gasteiger charge is -2.13. The van der Waals surface area contributed by atoms with Crippen molar-refractivity contribution in [2.75, 3.05) is 39.6 Å². The third-order valence-corrected chi connectivity index (χ3v) is 7.17. The molecule has 2 heterocycles. The van der Waals surface area contributed by atoms with Gasteiger partial charge in [0.2, 0.25) is 0 Å². The second-order valence-electron chi connectivity index (χ2n) is 10.9. The van der Waals surface area contributed by atoms with Crippen LogP contribution in [0.2, 0.25) is 0 Å². The summed E-state index contributed by atoms with van der Waals surface area (Å²) in [4.78, 5) is 50.3. The predicted octanol–water partition coefficient (Wildman–Crippen LogP) is 5.13.